The molecule has 0 saturated carbocycles. The lowest BCUT2D eigenvalue weighted by Crippen LogP contribution is -2.38. The van der Waals surface area contributed by atoms with Crippen molar-refractivity contribution >= 4 is 11.6 Å². The number of fused-ring (bicyclic) bond motifs is 1. The number of carbonyl (C=O) groups excluding carboxylic acids is 1. The largest absolute Gasteiger partial charge is 0.337 e. The third kappa shape index (κ3) is 3.88. The monoisotopic (exact) mass is 394 g/mol. The van der Waals surface area contributed by atoms with E-state index < -0.39 is 0 Å². The molecule has 0 spiro atoms. The number of piperidine rings is 1. The first-order chi connectivity index (χ1) is 13.7. The van der Waals surface area contributed by atoms with Crippen LogP contribution in [-0.2, 0) is 5.41 Å². The van der Waals surface area contributed by atoms with Gasteiger partial charge in [-0.15, -0.1) is 0 Å². The second kappa shape index (κ2) is 7.25. The van der Waals surface area contributed by atoms with Crippen LogP contribution in [0.5, 0.6) is 0 Å². The van der Waals surface area contributed by atoms with Gasteiger partial charge in [-0.25, -0.2) is 13.9 Å². The molecule has 29 heavy (non-hydrogen) atoms. The van der Waals surface area contributed by atoms with E-state index in [0.717, 1.165) is 31.6 Å². The van der Waals surface area contributed by atoms with Gasteiger partial charge in [-0.3, -0.25) is 4.79 Å². The van der Waals surface area contributed by atoms with Gasteiger partial charge < -0.3 is 4.90 Å². The predicted octanol–water partition coefficient (Wildman–Crippen LogP) is 4.71. The molecule has 1 aliphatic heterocycles. The van der Waals surface area contributed by atoms with Gasteiger partial charge in [-0.05, 0) is 37.0 Å². The van der Waals surface area contributed by atoms with Crippen molar-refractivity contribution in [1.29, 1.82) is 0 Å². The normalized spacial score (nSPS) is 15.8. The molecule has 1 fully saturated rings. The van der Waals surface area contributed by atoms with Crippen molar-refractivity contribution in [2.24, 2.45) is 5.92 Å². The van der Waals surface area contributed by atoms with Crippen LogP contribution in [0.25, 0.3) is 16.9 Å². The third-order valence-corrected chi connectivity index (χ3v) is 5.61. The Morgan fingerprint density at radius 3 is 2.52 bits per heavy atom. The molecule has 1 aromatic carbocycles. The van der Waals surface area contributed by atoms with E-state index in [1.165, 1.54) is 12.1 Å². The molecule has 0 unspecified atom stereocenters. The maximum Gasteiger partial charge on any atom is 0.272 e. The molecule has 0 atom stereocenters. The van der Waals surface area contributed by atoms with E-state index >= 15 is 0 Å². The summed E-state index contributed by atoms with van der Waals surface area (Å²) < 4.78 is 15.6. The zero-order valence-corrected chi connectivity index (χ0v) is 17.4. The number of carbonyl (C=O) groups is 1. The van der Waals surface area contributed by atoms with Gasteiger partial charge in [-0.2, -0.15) is 5.10 Å². The van der Waals surface area contributed by atoms with Gasteiger partial charge in [0.1, 0.15) is 11.5 Å². The Morgan fingerprint density at radius 1 is 1.14 bits per heavy atom. The molecule has 2 aromatic heterocycles. The van der Waals surface area contributed by atoms with E-state index in [-0.39, 0.29) is 17.1 Å². The molecule has 4 rings (SSSR count). The minimum Gasteiger partial charge on any atom is -0.337 e. The summed E-state index contributed by atoms with van der Waals surface area (Å²) in [5.74, 6) is 0.241. The Labute approximate surface area is 170 Å². The smallest absolute Gasteiger partial charge is 0.272 e. The topological polar surface area (TPSA) is 50.5 Å². The first-order valence-electron chi connectivity index (χ1n) is 10.2. The number of hydrogen-bond donors (Lipinski definition) is 0. The molecule has 0 N–H and O–H groups in total. The van der Waals surface area contributed by atoms with Crippen LogP contribution in [0.15, 0.2) is 36.4 Å². The van der Waals surface area contributed by atoms with Gasteiger partial charge in [-0.1, -0.05) is 39.8 Å². The second-order valence-electron chi connectivity index (χ2n) is 9.06. The maximum atomic E-state index is 13.9. The highest BCUT2D eigenvalue weighted by molar-refractivity contribution is 5.94. The predicted molar refractivity (Wildman–Crippen MR) is 111 cm³/mol. The zero-order valence-electron chi connectivity index (χ0n) is 17.4. The summed E-state index contributed by atoms with van der Waals surface area (Å²) in [5, 5.41) is 4.72. The van der Waals surface area contributed by atoms with Gasteiger partial charge in [0.2, 0.25) is 0 Å². The Bertz CT molecular complexity index is 1060. The molecule has 3 heterocycles. The number of halogens is 1. The number of benzene rings is 1. The van der Waals surface area contributed by atoms with Crippen molar-refractivity contribution < 1.29 is 9.18 Å². The van der Waals surface area contributed by atoms with E-state index in [2.05, 4.69) is 32.7 Å². The first-order valence-corrected chi connectivity index (χ1v) is 10.2. The highest BCUT2D eigenvalue weighted by atomic mass is 19.1. The van der Waals surface area contributed by atoms with Crippen molar-refractivity contribution in [3.8, 4) is 11.3 Å². The third-order valence-electron chi connectivity index (χ3n) is 5.61. The van der Waals surface area contributed by atoms with Gasteiger partial charge in [0, 0.05) is 30.1 Å². The lowest BCUT2D eigenvalue weighted by molar-refractivity contribution is 0.0691. The van der Waals surface area contributed by atoms with E-state index in [1.807, 2.05) is 17.0 Å². The molecule has 1 amide bonds. The molecule has 0 radical (unpaired) electrons. The van der Waals surface area contributed by atoms with Crippen LogP contribution in [0.3, 0.4) is 0 Å². The second-order valence-corrected chi connectivity index (χ2v) is 9.06. The van der Waals surface area contributed by atoms with E-state index in [9.17, 15) is 9.18 Å². The Morgan fingerprint density at radius 2 is 1.86 bits per heavy atom. The Hall–Kier alpha value is -2.76. The number of rotatable bonds is 2. The number of amides is 1. The van der Waals surface area contributed by atoms with Crippen molar-refractivity contribution in [1.82, 2.24) is 19.5 Å². The van der Waals surface area contributed by atoms with Crippen molar-refractivity contribution in [2.45, 2.75) is 46.0 Å². The van der Waals surface area contributed by atoms with Crippen LogP contribution in [0.4, 0.5) is 4.39 Å². The highest BCUT2D eigenvalue weighted by Gasteiger charge is 2.25. The van der Waals surface area contributed by atoms with Gasteiger partial charge in [0.25, 0.3) is 5.91 Å². The molecular weight excluding hydrogens is 367 g/mol. The van der Waals surface area contributed by atoms with E-state index in [1.54, 1.807) is 16.6 Å². The van der Waals surface area contributed by atoms with Gasteiger partial charge >= 0.3 is 0 Å². The summed E-state index contributed by atoms with van der Waals surface area (Å²) in [6.07, 6.45) is 2.01. The summed E-state index contributed by atoms with van der Waals surface area (Å²) in [5.41, 5.74) is 3.03. The number of hydrogen-bond acceptors (Lipinski definition) is 3. The SMILES string of the molecule is CC1CCN(C(=O)c2cc(-c3cccc(F)c3)n3nc(C(C)(C)C)cc3n2)CC1. The Kier molecular flexibility index (Phi) is 4.89. The van der Waals surface area contributed by atoms with E-state index in [0.29, 0.717) is 28.5 Å². The standard InChI is InChI=1S/C23H27FN4O/c1-15-8-10-27(11-9-15)22(29)18-13-19(16-6-5-7-17(24)12-16)28-21(25-18)14-20(26-28)23(2,3)4/h5-7,12-15H,8-11H2,1-4H3. The number of nitrogens with zero attached hydrogens (tertiary/aromatic N) is 4. The lowest BCUT2D eigenvalue weighted by Gasteiger charge is -2.30. The molecule has 5 nitrogen and oxygen atoms in total. The van der Waals surface area contributed by atoms with Crippen molar-refractivity contribution in [2.75, 3.05) is 13.1 Å². The summed E-state index contributed by atoms with van der Waals surface area (Å²) in [4.78, 5) is 19.7. The van der Waals surface area contributed by atoms with Crippen LogP contribution in [-0.4, -0.2) is 38.5 Å². The average molecular weight is 394 g/mol. The van der Waals surface area contributed by atoms with Crippen molar-refractivity contribution in [3.63, 3.8) is 0 Å². The average Bonchev–Trinajstić information content (AvgIpc) is 3.12. The summed E-state index contributed by atoms with van der Waals surface area (Å²) >= 11 is 0. The van der Waals surface area contributed by atoms with Crippen LogP contribution in [0, 0.1) is 11.7 Å². The molecule has 3 aromatic rings. The van der Waals surface area contributed by atoms with Gasteiger partial charge in [0.05, 0.1) is 11.4 Å². The minimum atomic E-state index is -0.325. The molecule has 0 bridgehead atoms. The van der Waals surface area contributed by atoms with Crippen molar-refractivity contribution in [3.05, 3.63) is 53.6 Å². The van der Waals surface area contributed by atoms with Gasteiger partial charge in [0.15, 0.2) is 5.65 Å². The molecular formula is C23H27FN4O. The van der Waals surface area contributed by atoms with E-state index in [4.69, 9.17) is 5.10 Å². The van der Waals surface area contributed by atoms with Crippen LogP contribution >= 0.6 is 0 Å². The molecule has 0 aliphatic carbocycles. The Balaban J connectivity index is 1.84. The maximum absolute atomic E-state index is 13.9. The summed E-state index contributed by atoms with van der Waals surface area (Å²) in [6, 6.07) is 10.0. The quantitative estimate of drug-likeness (QED) is 0.633. The fourth-order valence-electron chi connectivity index (χ4n) is 3.68. The summed E-state index contributed by atoms with van der Waals surface area (Å²) in [7, 11) is 0. The summed E-state index contributed by atoms with van der Waals surface area (Å²) in [6.45, 7) is 9.95. The fourth-order valence-corrected chi connectivity index (χ4v) is 3.68. The number of aromatic nitrogens is 3. The van der Waals surface area contributed by atoms with Crippen LogP contribution in [0.1, 0.15) is 56.7 Å². The minimum absolute atomic E-state index is 0.0736. The molecule has 1 saturated heterocycles. The molecule has 152 valence electrons. The fraction of sp³-hybridized carbons (Fsp3) is 0.435. The molecule has 6 heteroatoms. The number of likely N-dealkylation sites (tertiary alicyclic amines) is 1. The first kappa shape index (κ1) is 19.6. The van der Waals surface area contributed by atoms with Crippen LogP contribution < -0.4 is 0 Å². The lowest BCUT2D eigenvalue weighted by atomic mass is 9.93. The zero-order chi connectivity index (χ0) is 20.8. The van der Waals surface area contributed by atoms with Crippen LogP contribution in [0.2, 0.25) is 0 Å². The highest BCUT2D eigenvalue weighted by Crippen LogP contribution is 2.27. The molecule has 1 aliphatic rings.